The lowest BCUT2D eigenvalue weighted by Gasteiger charge is -2.31. The van der Waals surface area contributed by atoms with E-state index in [9.17, 15) is 20.3 Å². The van der Waals surface area contributed by atoms with Crippen LogP contribution in [0.5, 0.6) is 0 Å². The second kappa shape index (κ2) is 10.3. The fourth-order valence-corrected chi connectivity index (χ4v) is 3.72. The molecular weight excluding hydrogens is 384 g/mol. The van der Waals surface area contributed by atoms with E-state index in [0.717, 1.165) is 63.2 Å². The summed E-state index contributed by atoms with van der Waals surface area (Å²) < 4.78 is 0. The van der Waals surface area contributed by atoms with Gasteiger partial charge in [0.25, 0.3) is 5.69 Å². The molecule has 2 aliphatic rings. The number of nitrogen functional groups attached to an aromatic ring is 1. The van der Waals surface area contributed by atoms with Gasteiger partial charge in [-0.1, -0.05) is 0 Å². The van der Waals surface area contributed by atoms with Gasteiger partial charge in [0.15, 0.2) is 0 Å². The van der Waals surface area contributed by atoms with Gasteiger partial charge in [0.2, 0.25) is 0 Å². The van der Waals surface area contributed by atoms with Crippen LogP contribution in [0.15, 0.2) is 48.5 Å². The lowest BCUT2D eigenvalue weighted by Crippen LogP contribution is -2.35. The number of hydrogen-bond donors (Lipinski definition) is 3. The minimum absolute atomic E-state index is 0.111. The van der Waals surface area contributed by atoms with Gasteiger partial charge >= 0.3 is 0 Å². The van der Waals surface area contributed by atoms with Crippen molar-refractivity contribution in [2.24, 2.45) is 0 Å². The fourth-order valence-electron chi connectivity index (χ4n) is 3.72. The highest BCUT2D eigenvalue weighted by molar-refractivity contribution is 5.53. The number of rotatable bonds is 3. The number of nitrogens with zero attached hydrogens (tertiary/aromatic N) is 3. The van der Waals surface area contributed by atoms with Gasteiger partial charge in [-0.15, -0.1) is 0 Å². The number of aliphatic hydroxyl groups excluding tert-OH is 2. The molecule has 0 amide bonds. The van der Waals surface area contributed by atoms with Crippen LogP contribution in [0.3, 0.4) is 0 Å². The Labute approximate surface area is 176 Å². The maximum atomic E-state index is 10.5. The normalized spacial score (nSPS) is 17.9. The van der Waals surface area contributed by atoms with E-state index in [4.69, 9.17) is 5.73 Å². The van der Waals surface area contributed by atoms with Gasteiger partial charge < -0.3 is 25.7 Å². The Hall–Kier alpha value is -2.84. The number of non-ortho nitro benzene ring substituents is 1. The molecule has 2 aromatic carbocycles. The van der Waals surface area contributed by atoms with Crippen LogP contribution in [0.25, 0.3) is 0 Å². The SMILES string of the molecule is Nc1ccc(N2CCC(O)CC2)cc1.O=[N+]([O-])c1ccc(N2CCC(O)CC2)cc1. The summed E-state index contributed by atoms with van der Waals surface area (Å²) in [6.45, 7) is 3.48. The Morgan fingerprint density at radius 2 is 1.13 bits per heavy atom. The van der Waals surface area contributed by atoms with Crippen molar-refractivity contribution in [3.05, 3.63) is 58.6 Å². The summed E-state index contributed by atoms with van der Waals surface area (Å²) in [5.74, 6) is 0. The minimum atomic E-state index is -0.399. The summed E-state index contributed by atoms with van der Waals surface area (Å²) in [6, 6.07) is 14.5. The van der Waals surface area contributed by atoms with Crippen molar-refractivity contribution in [2.45, 2.75) is 37.9 Å². The van der Waals surface area contributed by atoms with Gasteiger partial charge in [-0.3, -0.25) is 10.1 Å². The van der Waals surface area contributed by atoms with E-state index in [1.165, 1.54) is 17.8 Å². The van der Waals surface area contributed by atoms with E-state index in [0.29, 0.717) is 0 Å². The molecule has 4 rings (SSSR count). The number of hydrogen-bond acceptors (Lipinski definition) is 7. The zero-order valence-electron chi connectivity index (χ0n) is 17.1. The molecule has 0 bridgehead atoms. The summed E-state index contributed by atoms with van der Waals surface area (Å²) in [5.41, 5.74) is 8.71. The standard InChI is InChI=1S/C11H14N2O3.C11H16N2O/c14-11-5-7-12(8-6-11)9-1-3-10(4-2-9)13(15)16;12-9-1-3-10(4-2-9)13-7-5-11(14)6-8-13/h1-4,11,14H,5-8H2;1-4,11,14H,5-8,12H2. The molecule has 2 saturated heterocycles. The largest absolute Gasteiger partial charge is 0.399 e. The molecule has 0 aromatic heterocycles. The molecule has 0 aliphatic carbocycles. The number of nitrogens with two attached hydrogens (primary N) is 1. The fraction of sp³-hybridized carbons (Fsp3) is 0.455. The summed E-state index contributed by atoms with van der Waals surface area (Å²) in [5, 5.41) is 29.2. The smallest absolute Gasteiger partial charge is 0.269 e. The van der Waals surface area contributed by atoms with Gasteiger partial charge in [-0.2, -0.15) is 0 Å². The lowest BCUT2D eigenvalue weighted by molar-refractivity contribution is -0.384. The van der Waals surface area contributed by atoms with E-state index in [1.807, 2.05) is 24.3 Å². The van der Waals surface area contributed by atoms with Crippen molar-refractivity contribution in [1.29, 1.82) is 0 Å². The molecule has 4 N–H and O–H groups in total. The first kappa shape index (κ1) is 21.9. The van der Waals surface area contributed by atoms with Crippen LogP contribution in [-0.4, -0.2) is 53.5 Å². The van der Waals surface area contributed by atoms with Crippen LogP contribution in [0.2, 0.25) is 0 Å². The van der Waals surface area contributed by atoms with Crippen molar-refractivity contribution in [2.75, 3.05) is 41.7 Å². The van der Waals surface area contributed by atoms with Crippen LogP contribution in [0.1, 0.15) is 25.7 Å². The molecule has 30 heavy (non-hydrogen) atoms. The van der Waals surface area contributed by atoms with Crippen molar-refractivity contribution in [3.63, 3.8) is 0 Å². The van der Waals surface area contributed by atoms with Gasteiger partial charge in [0.05, 0.1) is 17.1 Å². The second-order valence-corrected chi connectivity index (χ2v) is 7.80. The molecule has 162 valence electrons. The van der Waals surface area contributed by atoms with Crippen LogP contribution in [-0.2, 0) is 0 Å². The number of nitro groups is 1. The first-order valence-electron chi connectivity index (χ1n) is 10.4. The third kappa shape index (κ3) is 6.08. The second-order valence-electron chi connectivity index (χ2n) is 7.80. The quantitative estimate of drug-likeness (QED) is 0.402. The molecule has 2 fully saturated rings. The maximum absolute atomic E-state index is 10.5. The Morgan fingerprint density at radius 1 is 0.767 bits per heavy atom. The van der Waals surface area contributed by atoms with Gasteiger partial charge in [-0.25, -0.2) is 0 Å². The molecule has 0 saturated carbocycles. The summed E-state index contributed by atoms with van der Waals surface area (Å²) >= 11 is 0. The highest BCUT2D eigenvalue weighted by atomic mass is 16.6. The molecule has 2 aliphatic heterocycles. The molecule has 8 nitrogen and oxygen atoms in total. The summed E-state index contributed by atoms with van der Waals surface area (Å²) in [6.07, 6.45) is 2.94. The van der Waals surface area contributed by atoms with Crippen molar-refractivity contribution >= 4 is 22.7 Å². The lowest BCUT2D eigenvalue weighted by atomic mass is 10.1. The monoisotopic (exact) mass is 414 g/mol. The molecule has 2 aromatic rings. The highest BCUT2D eigenvalue weighted by Gasteiger charge is 2.18. The Balaban J connectivity index is 0.000000172. The van der Waals surface area contributed by atoms with Crippen molar-refractivity contribution in [1.82, 2.24) is 0 Å². The van der Waals surface area contributed by atoms with Crippen LogP contribution < -0.4 is 15.5 Å². The zero-order valence-corrected chi connectivity index (χ0v) is 17.1. The van der Waals surface area contributed by atoms with Crippen molar-refractivity contribution < 1.29 is 15.1 Å². The third-order valence-corrected chi connectivity index (χ3v) is 5.61. The molecule has 8 heteroatoms. The number of aliphatic hydroxyl groups is 2. The van der Waals surface area contributed by atoms with Crippen LogP contribution >= 0.6 is 0 Å². The predicted molar refractivity (Wildman–Crippen MR) is 119 cm³/mol. The number of nitro benzene ring substituents is 1. The highest BCUT2D eigenvalue weighted by Crippen LogP contribution is 2.23. The van der Waals surface area contributed by atoms with E-state index in [2.05, 4.69) is 9.80 Å². The minimum Gasteiger partial charge on any atom is -0.399 e. The third-order valence-electron chi connectivity index (χ3n) is 5.61. The Kier molecular flexibility index (Phi) is 7.48. The van der Waals surface area contributed by atoms with E-state index in [1.54, 1.807) is 12.1 Å². The molecular formula is C22H30N4O4. The number of benzene rings is 2. The Morgan fingerprint density at radius 3 is 1.50 bits per heavy atom. The van der Waals surface area contributed by atoms with Gasteiger partial charge in [0, 0.05) is 55.4 Å². The topological polar surface area (TPSA) is 116 Å². The summed E-state index contributed by atoms with van der Waals surface area (Å²) in [7, 11) is 0. The average molecular weight is 415 g/mol. The molecule has 2 heterocycles. The Bertz CT molecular complexity index is 797. The van der Waals surface area contributed by atoms with E-state index >= 15 is 0 Å². The van der Waals surface area contributed by atoms with Gasteiger partial charge in [0.1, 0.15) is 0 Å². The summed E-state index contributed by atoms with van der Waals surface area (Å²) in [4.78, 5) is 14.5. The molecule has 0 atom stereocenters. The first-order valence-corrected chi connectivity index (χ1v) is 10.4. The molecule has 0 spiro atoms. The molecule has 0 unspecified atom stereocenters. The number of anilines is 3. The maximum Gasteiger partial charge on any atom is 0.269 e. The number of piperidine rings is 2. The van der Waals surface area contributed by atoms with Crippen LogP contribution in [0.4, 0.5) is 22.7 Å². The van der Waals surface area contributed by atoms with Crippen LogP contribution in [0, 0.1) is 10.1 Å². The van der Waals surface area contributed by atoms with Gasteiger partial charge in [-0.05, 0) is 62.1 Å². The first-order chi connectivity index (χ1) is 14.4. The average Bonchev–Trinajstić information content (AvgIpc) is 2.76. The zero-order chi connectivity index (χ0) is 21.5. The van der Waals surface area contributed by atoms with E-state index < -0.39 is 4.92 Å². The predicted octanol–water partition coefficient (Wildman–Crippen LogP) is 2.79. The molecule has 0 radical (unpaired) electrons. The van der Waals surface area contributed by atoms with E-state index in [-0.39, 0.29) is 17.9 Å². The van der Waals surface area contributed by atoms with Crippen molar-refractivity contribution in [3.8, 4) is 0 Å².